The number of nitrogens with zero attached hydrogens (tertiary/aromatic N) is 6. The molecule has 0 atom stereocenters. The fraction of sp³-hybridized carbons (Fsp3) is 0.208. The van der Waals surface area contributed by atoms with E-state index in [9.17, 15) is 19.4 Å². The first-order valence-electron chi connectivity index (χ1n) is 11.7. The first kappa shape index (κ1) is 25.0. The number of morpholine rings is 1. The minimum absolute atomic E-state index is 0.311. The van der Waals surface area contributed by atoms with Gasteiger partial charge in [-0.1, -0.05) is 30.7 Å². The summed E-state index contributed by atoms with van der Waals surface area (Å²) < 4.78 is 80.0. The summed E-state index contributed by atoms with van der Waals surface area (Å²) in [7, 11) is -10.1. The molecule has 0 spiro atoms. The van der Waals surface area contributed by atoms with Crippen molar-refractivity contribution in [2.75, 3.05) is 31.3 Å². The molecule has 2 aromatic heterocycles. The number of halogens is 5. The Morgan fingerprint density at radius 1 is 1.00 bits per heavy atom. The monoisotopic (exact) mass is 568 g/mol. The van der Waals surface area contributed by atoms with Crippen molar-refractivity contribution in [2.24, 2.45) is 4.99 Å². The van der Waals surface area contributed by atoms with E-state index < -0.39 is 16.3 Å². The van der Waals surface area contributed by atoms with E-state index in [-0.39, 0.29) is 0 Å². The Labute approximate surface area is 218 Å². The van der Waals surface area contributed by atoms with Crippen LogP contribution in [0, 0.1) is 6.92 Å². The van der Waals surface area contributed by atoms with Crippen LogP contribution in [0.25, 0.3) is 22.7 Å². The third-order valence-electron chi connectivity index (χ3n) is 6.09. The largest absolute Gasteiger partial charge is 0.488 e. The molecule has 0 saturated carbocycles. The number of anilines is 1. The van der Waals surface area contributed by atoms with Crippen LogP contribution >= 0.6 is 10.5 Å². The third-order valence-corrected chi connectivity index (χ3v) is 6.60. The van der Waals surface area contributed by atoms with Gasteiger partial charge in [-0.3, -0.25) is 15.0 Å². The summed E-state index contributed by atoms with van der Waals surface area (Å²) in [6.07, 6.45) is 6.99. The van der Waals surface area contributed by atoms with Crippen molar-refractivity contribution in [1.82, 2.24) is 19.7 Å². The van der Waals surface area contributed by atoms with E-state index >= 15 is 0 Å². The molecule has 9 nitrogen and oxygen atoms in total. The minimum Gasteiger partial charge on any atom is -0.488 e. The van der Waals surface area contributed by atoms with Gasteiger partial charge >= 0.3 is 10.5 Å². The molecule has 2 aliphatic rings. The Kier molecular flexibility index (Phi) is 5.21. The third kappa shape index (κ3) is 5.21. The number of hydrogen-bond acceptors (Lipinski definition) is 8. The molecular weight excluding hydrogens is 547 g/mol. The maximum absolute atomic E-state index is 12.7. The number of rotatable bonds is 5. The predicted octanol–water partition coefficient (Wildman–Crippen LogP) is 6.42. The summed E-state index contributed by atoms with van der Waals surface area (Å²) in [5, 5.41) is 8.36. The van der Waals surface area contributed by atoms with E-state index in [2.05, 4.69) is 19.3 Å². The molecule has 0 N–H and O–H groups in total. The lowest BCUT2D eigenvalue weighted by molar-refractivity contribution is 0.160. The lowest BCUT2D eigenvalue weighted by Gasteiger charge is -2.44. The lowest BCUT2D eigenvalue weighted by atomic mass is 10.1. The van der Waals surface area contributed by atoms with E-state index in [1.54, 1.807) is 12.5 Å². The standard InChI is InChI=1S/C24H21F5N6O3S/c1-16-14-33(15-31-16)21-7-2-17(20-13-32-37-23(20)21)12-22-24-30-8-9-34(35(24)10-11-36-22)18-3-5-19(6-4-18)38-39(25,26,27,28)29/h2-7,12-15H,8-11H2,1H3/b22-12-. The number of benzene rings is 2. The molecule has 206 valence electrons. The molecule has 2 aromatic carbocycles. The fourth-order valence-electron chi connectivity index (χ4n) is 4.52. The molecule has 0 amide bonds. The molecule has 2 aliphatic heterocycles. The van der Waals surface area contributed by atoms with Gasteiger partial charge in [0.15, 0.2) is 17.2 Å². The van der Waals surface area contributed by atoms with Crippen molar-refractivity contribution in [3.63, 3.8) is 0 Å². The normalized spacial score (nSPS) is 18.8. The fourth-order valence-corrected chi connectivity index (χ4v) is 5.00. The maximum atomic E-state index is 12.7. The molecule has 0 aliphatic carbocycles. The number of fused-ring (bicyclic) bond motifs is 2. The Morgan fingerprint density at radius 3 is 2.51 bits per heavy atom. The summed E-state index contributed by atoms with van der Waals surface area (Å²) in [6, 6.07) is 8.09. The molecule has 15 heteroatoms. The van der Waals surface area contributed by atoms with Gasteiger partial charge in [-0.2, -0.15) is 0 Å². The molecule has 6 rings (SSSR count). The van der Waals surface area contributed by atoms with Crippen LogP contribution in [0.2, 0.25) is 0 Å². The second-order valence-electron chi connectivity index (χ2n) is 8.95. The molecule has 0 radical (unpaired) electrons. The molecule has 39 heavy (non-hydrogen) atoms. The van der Waals surface area contributed by atoms with Gasteiger partial charge in [-0.25, -0.2) is 4.98 Å². The molecule has 0 unspecified atom stereocenters. The summed E-state index contributed by atoms with van der Waals surface area (Å²) in [4.78, 5) is 8.87. The zero-order valence-corrected chi connectivity index (χ0v) is 21.1. The van der Waals surface area contributed by atoms with Gasteiger partial charge in [0.25, 0.3) is 0 Å². The zero-order chi connectivity index (χ0) is 27.5. The van der Waals surface area contributed by atoms with Gasteiger partial charge in [-0.05, 0) is 48.9 Å². The Hall–Kier alpha value is -4.27. The first-order chi connectivity index (χ1) is 18.3. The number of aryl methyl sites for hydroxylation is 1. The summed E-state index contributed by atoms with van der Waals surface area (Å²) in [5.74, 6) is 0.0257. The average molecular weight is 569 g/mol. The Bertz CT molecular complexity index is 1630. The highest BCUT2D eigenvalue weighted by Gasteiger charge is 2.67. The highest BCUT2D eigenvalue weighted by Crippen LogP contribution is 2.97. The van der Waals surface area contributed by atoms with Crippen LogP contribution in [0.15, 0.2) is 70.4 Å². The smallest absolute Gasteiger partial charge is 0.435 e. The second-order valence-corrected chi connectivity index (χ2v) is 10.9. The highest BCUT2D eigenvalue weighted by atomic mass is 32.5. The van der Waals surface area contributed by atoms with Crippen LogP contribution in [0.1, 0.15) is 11.3 Å². The van der Waals surface area contributed by atoms with Gasteiger partial charge in [-0.15, -0.1) is 0 Å². The van der Waals surface area contributed by atoms with Crippen LogP contribution in [-0.4, -0.2) is 51.8 Å². The molecule has 1 saturated heterocycles. The van der Waals surface area contributed by atoms with Crippen molar-refractivity contribution in [1.29, 1.82) is 0 Å². The van der Waals surface area contributed by atoms with E-state index in [0.717, 1.165) is 34.5 Å². The molecule has 0 bridgehead atoms. The predicted molar refractivity (Wildman–Crippen MR) is 136 cm³/mol. The zero-order valence-electron chi connectivity index (χ0n) is 20.3. The highest BCUT2D eigenvalue weighted by molar-refractivity contribution is 8.42. The van der Waals surface area contributed by atoms with Crippen LogP contribution < -0.4 is 9.19 Å². The average Bonchev–Trinajstić information content (AvgIpc) is 3.53. The number of aromatic nitrogens is 3. The summed E-state index contributed by atoms with van der Waals surface area (Å²) in [5.41, 5.74) is 3.46. The molecule has 1 fully saturated rings. The van der Waals surface area contributed by atoms with Gasteiger partial charge in [0.1, 0.15) is 12.4 Å². The van der Waals surface area contributed by atoms with Crippen LogP contribution in [0.4, 0.5) is 25.1 Å². The van der Waals surface area contributed by atoms with Gasteiger partial charge < -0.3 is 18.0 Å². The number of hydrazine groups is 1. The van der Waals surface area contributed by atoms with E-state index in [4.69, 9.17) is 9.26 Å². The lowest BCUT2D eigenvalue weighted by Crippen LogP contribution is -2.55. The van der Waals surface area contributed by atoms with Crippen molar-refractivity contribution >= 4 is 39.1 Å². The number of imidazole rings is 1. The van der Waals surface area contributed by atoms with E-state index in [1.165, 1.54) is 12.1 Å². The number of hydrogen-bond donors (Lipinski definition) is 0. The van der Waals surface area contributed by atoms with Gasteiger partial charge in [0.05, 0.1) is 54.6 Å². The van der Waals surface area contributed by atoms with E-state index in [0.29, 0.717) is 49.1 Å². The number of ether oxygens (including phenoxy) is 1. The quantitative estimate of drug-likeness (QED) is 0.257. The van der Waals surface area contributed by atoms with E-state index in [1.807, 2.05) is 45.9 Å². The first-order valence-corrected chi connectivity index (χ1v) is 13.6. The SMILES string of the molecule is Cc1cn(-c2ccc(/C=C3\OCCN4C3=NCCN4c3ccc(OS(F)(F)(F)(F)F)cc3)c3cnoc23)cn1. The minimum atomic E-state index is -10.1. The molecular formula is C24H21F5N6O3S. The van der Waals surface area contributed by atoms with Gasteiger partial charge in [0.2, 0.25) is 0 Å². The van der Waals surface area contributed by atoms with Crippen molar-refractivity contribution in [3.05, 3.63) is 72.1 Å². The molecule has 4 heterocycles. The Morgan fingerprint density at radius 2 is 1.79 bits per heavy atom. The summed E-state index contributed by atoms with van der Waals surface area (Å²) in [6.45, 7) is 3.41. The van der Waals surface area contributed by atoms with Crippen molar-refractivity contribution in [2.45, 2.75) is 6.92 Å². The van der Waals surface area contributed by atoms with Crippen molar-refractivity contribution in [3.8, 4) is 11.4 Å². The van der Waals surface area contributed by atoms with Crippen LogP contribution in [0.5, 0.6) is 5.75 Å². The number of amidine groups is 1. The second kappa shape index (κ2) is 8.11. The van der Waals surface area contributed by atoms with Crippen LogP contribution in [0.3, 0.4) is 0 Å². The topological polar surface area (TPSA) is 81.2 Å². The van der Waals surface area contributed by atoms with Crippen molar-refractivity contribution < 1.29 is 32.9 Å². The van der Waals surface area contributed by atoms with Gasteiger partial charge in [0, 0.05) is 6.20 Å². The summed E-state index contributed by atoms with van der Waals surface area (Å²) >= 11 is 0. The van der Waals surface area contributed by atoms with Crippen LogP contribution in [-0.2, 0) is 4.74 Å². The maximum Gasteiger partial charge on any atom is 0.435 e. The molecule has 4 aromatic rings. The number of aliphatic imine (C=N–C) groups is 1. The Balaban J connectivity index is 1.29.